The number of oxazole rings is 1. The minimum atomic E-state index is 0.517. The van der Waals surface area contributed by atoms with Gasteiger partial charge in [-0.05, 0) is 44.4 Å². The van der Waals surface area contributed by atoms with E-state index in [0.29, 0.717) is 12.4 Å². The van der Waals surface area contributed by atoms with Crippen LogP contribution >= 0.6 is 0 Å². The Hall–Kier alpha value is -2.37. The van der Waals surface area contributed by atoms with E-state index >= 15 is 0 Å². The van der Waals surface area contributed by atoms with Gasteiger partial charge in [0.05, 0.1) is 12.2 Å². The molecule has 2 N–H and O–H groups in total. The molecule has 118 valence electrons. The first-order valence-electron chi connectivity index (χ1n) is 7.37. The van der Waals surface area contributed by atoms with Crippen LogP contribution in [0.3, 0.4) is 0 Å². The van der Waals surface area contributed by atoms with E-state index in [-0.39, 0.29) is 0 Å². The molecule has 0 aliphatic heterocycles. The zero-order valence-corrected chi connectivity index (χ0v) is 13.6. The second-order valence-electron chi connectivity index (χ2n) is 5.15. The van der Waals surface area contributed by atoms with Gasteiger partial charge in [0.25, 0.3) is 0 Å². The lowest BCUT2D eigenvalue weighted by molar-refractivity contribution is 0.464. The molecule has 0 radical (unpaired) electrons. The summed E-state index contributed by atoms with van der Waals surface area (Å²) in [6.07, 6.45) is 4.63. The molecule has 6 nitrogen and oxygen atoms in total. The van der Waals surface area contributed by atoms with Gasteiger partial charge >= 0.3 is 0 Å². The number of aromatic nitrogens is 2. The normalized spacial score (nSPS) is 11.5. The van der Waals surface area contributed by atoms with Crippen LogP contribution in [0.4, 0.5) is 0 Å². The molecule has 0 aliphatic carbocycles. The van der Waals surface area contributed by atoms with Crippen molar-refractivity contribution in [3.05, 3.63) is 46.9 Å². The van der Waals surface area contributed by atoms with Gasteiger partial charge in [0, 0.05) is 26.0 Å². The molecular weight excluding hydrogens is 278 g/mol. The maximum atomic E-state index is 5.54. The number of guanidine groups is 1. The third-order valence-electron chi connectivity index (χ3n) is 3.53. The van der Waals surface area contributed by atoms with Crippen molar-refractivity contribution >= 4 is 5.96 Å². The Morgan fingerprint density at radius 1 is 1.27 bits per heavy atom. The molecule has 2 rings (SSSR count). The van der Waals surface area contributed by atoms with Gasteiger partial charge in [-0.25, -0.2) is 4.98 Å². The zero-order chi connectivity index (χ0) is 15.9. The summed E-state index contributed by atoms with van der Waals surface area (Å²) in [5.41, 5.74) is 3.42. The Labute approximate surface area is 131 Å². The highest BCUT2D eigenvalue weighted by Gasteiger charge is 2.06. The average molecular weight is 301 g/mol. The highest BCUT2D eigenvalue weighted by molar-refractivity contribution is 5.79. The molecule has 2 aromatic rings. The molecule has 0 aliphatic rings. The Kier molecular flexibility index (Phi) is 5.52. The molecular formula is C16H23N5O. The van der Waals surface area contributed by atoms with Gasteiger partial charge in [0.15, 0.2) is 5.96 Å². The van der Waals surface area contributed by atoms with Crippen LogP contribution in [0.2, 0.25) is 0 Å². The molecule has 0 aromatic carbocycles. The predicted octanol–water partition coefficient (Wildman–Crippen LogP) is 1.90. The summed E-state index contributed by atoms with van der Waals surface area (Å²) >= 11 is 0. The van der Waals surface area contributed by atoms with Gasteiger partial charge in [-0.2, -0.15) is 0 Å². The summed E-state index contributed by atoms with van der Waals surface area (Å²) in [6.45, 7) is 7.24. The molecule has 0 fully saturated rings. The summed E-state index contributed by atoms with van der Waals surface area (Å²) in [7, 11) is 1.75. The minimum Gasteiger partial charge on any atom is -0.444 e. The molecule has 0 saturated carbocycles. The lowest BCUT2D eigenvalue weighted by Gasteiger charge is -2.11. The Balaban J connectivity index is 1.79. The Morgan fingerprint density at radius 3 is 2.73 bits per heavy atom. The molecule has 22 heavy (non-hydrogen) atoms. The number of aryl methyl sites for hydroxylation is 3. The molecule has 0 amide bonds. The summed E-state index contributed by atoms with van der Waals surface area (Å²) in [6, 6.07) is 2.05. The SMILES string of the molecule is CN=C(NCCc1ccncc1C)NCc1nc(C)c(C)o1. The molecule has 0 bridgehead atoms. The summed E-state index contributed by atoms with van der Waals surface area (Å²) in [5, 5.41) is 6.48. The van der Waals surface area contributed by atoms with E-state index in [0.717, 1.165) is 30.4 Å². The fourth-order valence-corrected chi connectivity index (χ4v) is 2.09. The van der Waals surface area contributed by atoms with Crippen LogP contribution in [-0.2, 0) is 13.0 Å². The van der Waals surface area contributed by atoms with Crippen molar-refractivity contribution in [2.75, 3.05) is 13.6 Å². The number of nitrogens with one attached hydrogen (secondary N) is 2. The Morgan fingerprint density at radius 2 is 2.09 bits per heavy atom. The van der Waals surface area contributed by atoms with Crippen LogP contribution in [0.15, 0.2) is 27.9 Å². The molecule has 2 aromatic heterocycles. The lowest BCUT2D eigenvalue weighted by Crippen LogP contribution is -2.38. The first-order valence-corrected chi connectivity index (χ1v) is 7.37. The van der Waals surface area contributed by atoms with Crippen LogP contribution in [-0.4, -0.2) is 29.5 Å². The van der Waals surface area contributed by atoms with E-state index < -0.39 is 0 Å². The first kappa shape index (κ1) is 16.0. The summed E-state index contributed by atoms with van der Waals surface area (Å²) in [5.74, 6) is 2.26. The van der Waals surface area contributed by atoms with Gasteiger partial charge in [-0.15, -0.1) is 0 Å². The number of nitrogens with zero attached hydrogens (tertiary/aromatic N) is 3. The van der Waals surface area contributed by atoms with Crippen LogP contribution in [0, 0.1) is 20.8 Å². The minimum absolute atomic E-state index is 0.517. The standard InChI is InChI=1S/C16H23N5O/c1-11-9-18-7-5-14(11)6-8-19-16(17-4)20-10-15-21-12(2)13(3)22-15/h5,7,9H,6,8,10H2,1-4H3,(H2,17,19,20). The maximum Gasteiger partial charge on any atom is 0.214 e. The fourth-order valence-electron chi connectivity index (χ4n) is 2.09. The smallest absolute Gasteiger partial charge is 0.214 e. The van der Waals surface area contributed by atoms with Gasteiger partial charge in [0.2, 0.25) is 5.89 Å². The van der Waals surface area contributed by atoms with Gasteiger partial charge in [0.1, 0.15) is 5.76 Å². The maximum absolute atomic E-state index is 5.54. The third-order valence-corrected chi connectivity index (χ3v) is 3.53. The van der Waals surface area contributed by atoms with Gasteiger partial charge in [-0.3, -0.25) is 9.98 Å². The Bertz CT molecular complexity index is 628. The fraction of sp³-hybridized carbons (Fsp3) is 0.438. The second-order valence-corrected chi connectivity index (χ2v) is 5.15. The van der Waals surface area contributed by atoms with Crippen LogP contribution in [0.5, 0.6) is 0 Å². The highest BCUT2D eigenvalue weighted by Crippen LogP contribution is 2.07. The van der Waals surface area contributed by atoms with Crippen molar-refractivity contribution in [3.8, 4) is 0 Å². The lowest BCUT2D eigenvalue weighted by atomic mass is 10.1. The molecule has 0 unspecified atom stereocenters. The van der Waals surface area contributed by atoms with E-state index in [4.69, 9.17) is 4.42 Å². The van der Waals surface area contributed by atoms with Crippen molar-refractivity contribution in [1.29, 1.82) is 0 Å². The number of aliphatic imine (C=N–C) groups is 1. The van der Waals surface area contributed by atoms with Crippen LogP contribution in [0.1, 0.15) is 28.5 Å². The summed E-state index contributed by atoms with van der Waals surface area (Å²) in [4.78, 5) is 12.6. The van der Waals surface area contributed by atoms with Crippen molar-refractivity contribution in [2.45, 2.75) is 33.7 Å². The van der Waals surface area contributed by atoms with Gasteiger partial charge in [-0.1, -0.05) is 0 Å². The summed E-state index contributed by atoms with van der Waals surface area (Å²) < 4.78 is 5.54. The third kappa shape index (κ3) is 4.31. The first-order chi connectivity index (χ1) is 10.6. The number of hydrogen-bond donors (Lipinski definition) is 2. The predicted molar refractivity (Wildman–Crippen MR) is 86.9 cm³/mol. The van der Waals surface area contributed by atoms with E-state index in [1.165, 1.54) is 11.1 Å². The topological polar surface area (TPSA) is 75.3 Å². The average Bonchev–Trinajstić information content (AvgIpc) is 2.83. The molecule has 0 spiro atoms. The van der Waals surface area contributed by atoms with Crippen LogP contribution < -0.4 is 10.6 Å². The van der Waals surface area contributed by atoms with Gasteiger partial charge < -0.3 is 15.1 Å². The van der Waals surface area contributed by atoms with Crippen molar-refractivity contribution in [2.24, 2.45) is 4.99 Å². The monoisotopic (exact) mass is 301 g/mol. The van der Waals surface area contributed by atoms with Crippen molar-refractivity contribution in [3.63, 3.8) is 0 Å². The number of pyridine rings is 1. The molecule has 0 atom stereocenters. The van der Waals surface area contributed by atoms with E-state index in [1.54, 1.807) is 7.05 Å². The van der Waals surface area contributed by atoms with Crippen molar-refractivity contribution in [1.82, 2.24) is 20.6 Å². The molecule has 6 heteroatoms. The van der Waals surface area contributed by atoms with E-state index in [1.807, 2.05) is 32.3 Å². The number of hydrogen-bond acceptors (Lipinski definition) is 4. The van der Waals surface area contributed by atoms with E-state index in [9.17, 15) is 0 Å². The molecule has 0 saturated heterocycles. The van der Waals surface area contributed by atoms with E-state index in [2.05, 4.69) is 32.5 Å². The van der Waals surface area contributed by atoms with Crippen LogP contribution in [0.25, 0.3) is 0 Å². The molecule has 2 heterocycles. The second kappa shape index (κ2) is 7.59. The number of rotatable bonds is 5. The van der Waals surface area contributed by atoms with Crippen molar-refractivity contribution < 1.29 is 4.42 Å². The quantitative estimate of drug-likeness (QED) is 0.651. The largest absolute Gasteiger partial charge is 0.444 e. The zero-order valence-electron chi connectivity index (χ0n) is 13.6. The highest BCUT2D eigenvalue weighted by atomic mass is 16.4.